The third kappa shape index (κ3) is 3.43. The SMILES string of the molecule is Nc1c(C(=O)NCCOCC(F)F)sc2ccccc12. The lowest BCUT2D eigenvalue weighted by molar-refractivity contribution is 0.0188. The Morgan fingerprint density at radius 1 is 1.40 bits per heavy atom. The predicted molar refractivity (Wildman–Crippen MR) is 75.4 cm³/mol. The van der Waals surface area contributed by atoms with E-state index in [2.05, 4.69) is 10.1 Å². The number of carbonyl (C=O) groups is 1. The molecule has 4 nitrogen and oxygen atoms in total. The first-order valence-corrected chi connectivity index (χ1v) is 6.82. The minimum Gasteiger partial charge on any atom is -0.397 e. The Morgan fingerprint density at radius 3 is 2.85 bits per heavy atom. The average Bonchev–Trinajstić information content (AvgIpc) is 2.76. The Balaban J connectivity index is 1.93. The summed E-state index contributed by atoms with van der Waals surface area (Å²) < 4.78 is 29.3. The molecule has 1 heterocycles. The smallest absolute Gasteiger partial charge is 0.263 e. The fourth-order valence-corrected chi connectivity index (χ4v) is 2.76. The van der Waals surface area contributed by atoms with Crippen LogP contribution in [0.5, 0.6) is 0 Å². The highest BCUT2D eigenvalue weighted by molar-refractivity contribution is 7.21. The van der Waals surface area contributed by atoms with E-state index in [1.165, 1.54) is 11.3 Å². The zero-order chi connectivity index (χ0) is 14.5. The number of ether oxygens (including phenoxy) is 1. The van der Waals surface area contributed by atoms with E-state index in [9.17, 15) is 13.6 Å². The van der Waals surface area contributed by atoms with Crippen LogP contribution in [0.15, 0.2) is 24.3 Å². The maximum atomic E-state index is 11.9. The van der Waals surface area contributed by atoms with Crippen LogP contribution in [0.2, 0.25) is 0 Å². The second-order valence-electron chi connectivity index (χ2n) is 4.06. The molecule has 1 aromatic carbocycles. The van der Waals surface area contributed by atoms with Gasteiger partial charge in [0.15, 0.2) is 0 Å². The van der Waals surface area contributed by atoms with Crippen LogP contribution < -0.4 is 11.1 Å². The molecular formula is C13H14F2N2O2S. The third-order valence-electron chi connectivity index (χ3n) is 2.62. The molecule has 108 valence electrons. The quantitative estimate of drug-likeness (QED) is 0.806. The van der Waals surface area contributed by atoms with Gasteiger partial charge in [0, 0.05) is 16.6 Å². The molecule has 20 heavy (non-hydrogen) atoms. The van der Waals surface area contributed by atoms with Gasteiger partial charge in [-0.2, -0.15) is 0 Å². The molecule has 2 rings (SSSR count). The number of thiophene rings is 1. The van der Waals surface area contributed by atoms with Gasteiger partial charge in [0.1, 0.15) is 11.5 Å². The molecule has 2 aromatic rings. The first-order valence-electron chi connectivity index (χ1n) is 6.00. The molecule has 0 aliphatic carbocycles. The number of nitrogen functional groups attached to an aromatic ring is 1. The zero-order valence-corrected chi connectivity index (χ0v) is 11.4. The lowest BCUT2D eigenvalue weighted by atomic mass is 10.2. The number of nitrogens with two attached hydrogens (primary N) is 1. The topological polar surface area (TPSA) is 64.4 Å². The van der Waals surface area contributed by atoms with Crippen molar-refractivity contribution < 1.29 is 18.3 Å². The molecule has 7 heteroatoms. The van der Waals surface area contributed by atoms with E-state index in [0.29, 0.717) is 10.6 Å². The van der Waals surface area contributed by atoms with E-state index in [0.717, 1.165) is 10.1 Å². The Kier molecular flexibility index (Phi) is 4.86. The molecule has 0 aliphatic rings. The maximum absolute atomic E-state index is 11.9. The number of amides is 1. The molecule has 0 bridgehead atoms. The second kappa shape index (κ2) is 6.62. The summed E-state index contributed by atoms with van der Waals surface area (Å²) in [5.74, 6) is -0.315. The predicted octanol–water partition coefficient (Wildman–Crippen LogP) is 2.50. The molecule has 0 saturated heterocycles. The van der Waals surface area contributed by atoms with Crippen molar-refractivity contribution in [3.8, 4) is 0 Å². The molecule has 0 atom stereocenters. The second-order valence-corrected chi connectivity index (χ2v) is 5.12. The Hall–Kier alpha value is -1.73. The molecule has 0 aliphatic heterocycles. The van der Waals surface area contributed by atoms with Crippen LogP contribution in [0.3, 0.4) is 0 Å². The van der Waals surface area contributed by atoms with Crippen molar-refractivity contribution in [3.05, 3.63) is 29.1 Å². The molecule has 0 spiro atoms. The van der Waals surface area contributed by atoms with Crippen molar-refractivity contribution in [2.24, 2.45) is 0 Å². The van der Waals surface area contributed by atoms with Crippen LogP contribution in [-0.2, 0) is 4.74 Å². The van der Waals surface area contributed by atoms with E-state index in [-0.39, 0.29) is 19.1 Å². The van der Waals surface area contributed by atoms with Crippen LogP contribution in [-0.4, -0.2) is 32.1 Å². The number of benzene rings is 1. The standard InChI is InChI=1S/C13H14F2N2O2S/c14-10(15)7-19-6-5-17-13(18)12-11(16)8-3-1-2-4-9(8)20-12/h1-4,10H,5-7,16H2,(H,17,18). The van der Waals surface area contributed by atoms with E-state index in [1.807, 2.05) is 24.3 Å². The van der Waals surface area contributed by atoms with Gasteiger partial charge in [0.25, 0.3) is 12.3 Å². The van der Waals surface area contributed by atoms with Crippen LogP contribution in [0.25, 0.3) is 10.1 Å². The van der Waals surface area contributed by atoms with Crippen molar-refractivity contribution in [2.45, 2.75) is 6.43 Å². The summed E-state index contributed by atoms with van der Waals surface area (Å²) in [4.78, 5) is 12.4. The van der Waals surface area contributed by atoms with Crippen molar-refractivity contribution in [1.29, 1.82) is 0 Å². The van der Waals surface area contributed by atoms with E-state index in [1.54, 1.807) is 0 Å². The van der Waals surface area contributed by atoms with Crippen molar-refractivity contribution in [2.75, 3.05) is 25.5 Å². The van der Waals surface area contributed by atoms with Gasteiger partial charge in [0.05, 0.1) is 12.3 Å². The van der Waals surface area contributed by atoms with Crippen molar-refractivity contribution >= 4 is 33.0 Å². The monoisotopic (exact) mass is 300 g/mol. The summed E-state index contributed by atoms with van der Waals surface area (Å²) >= 11 is 1.30. The summed E-state index contributed by atoms with van der Waals surface area (Å²) in [5, 5.41) is 3.44. The van der Waals surface area contributed by atoms with Gasteiger partial charge in [-0.3, -0.25) is 4.79 Å². The van der Waals surface area contributed by atoms with Crippen LogP contribution in [0.1, 0.15) is 9.67 Å². The fourth-order valence-electron chi connectivity index (χ4n) is 1.72. The lowest BCUT2D eigenvalue weighted by Gasteiger charge is -2.05. The van der Waals surface area contributed by atoms with Gasteiger partial charge in [-0.15, -0.1) is 11.3 Å². The summed E-state index contributed by atoms with van der Waals surface area (Å²) in [6, 6.07) is 7.46. The summed E-state index contributed by atoms with van der Waals surface area (Å²) in [7, 11) is 0. The highest BCUT2D eigenvalue weighted by atomic mass is 32.1. The summed E-state index contributed by atoms with van der Waals surface area (Å²) in [6.07, 6.45) is -2.50. The molecule has 3 N–H and O–H groups in total. The summed E-state index contributed by atoms with van der Waals surface area (Å²) in [5.41, 5.74) is 6.37. The average molecular weight is 300 g/mol. The first-order chi connectivity index (χ1) is 9.59. The number of alkyl halides is 2. The molecule has 0 fully saturated rings. The summed E-state index contributed by atoms with van der Waals surface area (Å²) in [6.45, 7) is -0.416. The van der Waals surface area contributed by atoms with E-state index < -0.39 is 13.0 Å². The number of anilines is 1. The highest BCUT2D eigenvalue weighted by Crippen LogP contribution is 2.33. The largest absolute Gasteiger partial charge is 0.397 e. The third-order valence-corrected chi connectivity index (χ3v) is 3.80. The molecule has 1 aromatic heterocycles. The zero-order valence-electron chi connectivity index (χ0n) is 10.6. The number of hydrogen-bond acceptors (Lipinski definition) is 4. The van der Waals surface area contributed by atoms with Gasteiger partial charge in [0.2, 0.25) is 0 Å². The number of fused-ring (bicyclic) bond motifs is 1. The van der Waals surface area contributed by atoms with Crippen molar-refractivity contribution in [3.63, 3.8) is 0 Å². The van der Waals surface area contributed by atoms with E-state index in [4.69, 9.17) is 5.73 Å². The van der Waals surface area contributed by atoms with Crippen LogP contribution in [0.4, 0.5) is 14.5 Å². The minimum atomic E-state index is -2.50. The Morgan fingerprint density at radius 2 is 2.15 bits per heavy atom. The van der Waals surface area contributed by atoms with Crippen LogP contribution in [0, 0.1) is 0 Å². The Bertz CT molecular complexity index is 601. The highest BCUT2D eigenvalue weighted by Gasteiger charge is 2.15. The molecule has 0 saturated carbocycles. The van der Waals surface area contributed by atoms with Gasteiger partial charge in [-0.25, -0.2) is 8.78 Å². The van der Waals surface area contributed by atoms with Crippen molar-refractivity contribution in [1.82, 2.24) is 5.32 Å². The maximum Gasteiger partial charge on any atom is 0.263 e. The fraction of sp³-hybridized carbons (Fsp3) is 0.308. The van der Waals surface area contributed by atoms with Gasteiger partial charge in [-0.05, 0) is 6.07 Å². The van der Waals surface area contributed by atoms with Gasteiger partial charge < -0.3 is 15.8 Å². The molecule has 0 unspecified atom stereocenters. The van der Waals surface area contributed by atoms with Gasteiger partial charge >= 0.3 is 0 Å². The van der Waals surface area contributed by atoms with Crippen LogP contribution >= 0.6 is 11.3 Å². The molecule has 0 radical (unpaired) electrons. The van der Waals surface area contributed by atoms with E-state index >= 15 is 0 Å². The minimum absolute atomic E-state index is 0.0425. The normalized spacial score (nSPS) is 11.2. The first kappa shape index (κ1) is 14.7. The van der Waals surface area contributed by atoms with Gasteiger partial charge in [-0.1, -0.05) is 18.2 Å². The number of hydrogen-bond donors (Lipinski definition) is 2. The molecule has 1 amide bonds. The number of rotatable bonds is 6. The Labute approximate surface area is 118 Å². The number of carbonyl (C=O) groups excluding carboxylic acids is 1. The number of halogens is 2. The number of nitrogens with one attached hydrogen (secondary N) is 1. The lowest BCUT2D eigenvalue weighted by Crippen LogP contribution is -2.27. The molecular weight excluding hydrogens is 286 g/mol.